The Morgan fingerprint density at radius 1 is 1.29 bits per heavy atom. The third-order valence-corrected chi connectivity index (χ3v) is 3.66. The number of benzene rings is 1. The molecule has 1 heterocycles. The summed E-state index contributed by atoms with van der Waals surface area (Å²) in [6.45, 7) is 11.7. The molecule has 0 spiro atoms. The Bertz CT molecular complexity index is 402. The maximum absolute atomic E-state index is 3.60. The van der Waals surface area contributed by atoms with Crippen LogP contribution >= 0.6 is 0 Å². The van der Waals surface area contributed by atoms with Crippen LogP contribution in [0.15, 0.2) is 24.3 Å². The van der Waals surface area contributed by atoms with Crippen molar-refractivity contribution >= 4 is 5.69 Å². The van der Waals surface area contributed by atoms with Crippen LogP contribution in [0.4, 0.5) is 5.69 Å². The first-order valence-electron chi connectivity index (χ1n) is 6.66. The molecule has 1 aliphatic heterocycles. The zero-order valence-electron chi connectivity index (χ0n) is 11.8. The predicted octanol–water partition coefficient (Wildman–Crippen LogP) is 4.58. The number of nitrogens with one attached hydrogen (secondary N) is 1. The van der Waals surface area contributed by atoms with Crippen molar-refractivity contribution in [3.05, 3.63) is 29.8 Å². The van der Waals surface area contributed by atoms with E-state index in [9.17, 15) is 0 Å². The lowest BCUT2D eigenvalue weighted by molar-refractivity contribution is 0.244. The molecule has 0 fully saturated rings. The van der Waals surface area contributed by atoms with Crippen LogP contribution in [0.5, 0.6) is 0 Å². The lowest BCUT2D eigenvalue weighted by atomic mass is 9.66. The molecule has 0 aromatic heterocycles. The van der Waals surface area contributed by atoms with Gasteiger partial charge >= 0.3 is 0 Å². The molecular formula is C16H25N. The standard InChI is InChI=1S/C16H25N/c1-12-10-16(5,11-15(2,3)4)13-8-6-7-9-14(13)17-12/h6-9,12,17H,10-11H2,1-5H3. The van der Waals surface area contributed by atoms with Crippen molar-refractivity contribution in [3.8, 4) is 0 Å². The summed E-state index contributed by atoms with van der Waals surface area (Å²) in [4.78, 5) is 0. The monoisotopic (exact) mass is 231 g/mol. The predicted molar refractivity (Wildman–Crippen MR) is 75.6 cm³/mol. The van der Waals surface area contributed by atoms with Gasteiger partial charge in [0.2, 0.25) is 0 Å². The minimum absolute atomic E-state index is 0.305. The van der Waals surface area contributed by atoms with E-state index < -0.39 is 0 Å². The van der Waals surface area contributed by atoms with E-state index in [1.54, 1.807) is 0 Å². The smallest absolute Gasteiger partial charge is 0.0380 e. The lowest BCUT2D eigenvalue weighted by Crippen LogP contribution is -2.39. The molecule has 0 amide bonds. The maximum atomic E-state index is 3.60. The van der Waals surface area contributed by atoms with Crippen molar-refractivity contribution in [2.45, 2.75) is 58.9 Å². The summed E-state index contributed by atoms with van der Waals surface area (Å²) >= 11 is 0. The van der Waals surface area contributed by atoms with Crippen LogP contribution in [0.3, 0.4) is 0 Å². The minimum Gasteiger partial charge on any atom is -0.382 e. The second kappa shape index (κ2) is 4.04. The molecule has 1 nitrogen and oxygen atoms in total. The highest BCUT2D eigenvalue weighted by molar-refractivity contribution is 5.57. The molecule has 0 saturated heterocycles. The molecule has 1 aromatic carbocycles. The van der Waals surface area contributed by atoms with Gasteiger partial charge in [0.1, 0.15) is 0 Å². The number of hydrogen-bond acceptors (Lipinski definition) is 1. The summed E-state index contributed by atoms with van der Waals surface area (Å²) in [6, 6.07) is 9.36. The van der Waals surface area contributed by atoms with Gasteiger partial charge in [-0.1, -0.05) is 45.9 Å². The first kappa shape index (κ1) is 12.5. The first-order chi connectivity index (χ1) is 7.80. The molecule has 17 heavy (non-hydrogen) atoms. The highest BCUT2D eigenvalue weighted by atomic mass is 14.9. The molecule has 0 saturated carbocycles. The van der Waals surface area contributed by atoms with Gasteiger partial charge in [-0.25, -0.2) is 0 Å². The zero-order valence-corrected chi connectivity index (χ0v) is 11.8. The molecule has 0 aliphatic carbocycles. The summed E-state index contributed by atoms with van der Waals surface area (Å²) in [6.07, 6.45) is 2.46. The minimum atomic E-state index is 0.305. The van der Waals surface area contributed by atoms with E-state index in [-0.39, 0.29) is 0 Å². The van der Waals surface area contributed by atoms with E-state index in [0.29, 0.717) is 16.9 Å². The largest absolute Gasteiger partial charge is 0.382 e. The quantitative estimate of drug-likeness (QED) is 0.745. The lowest BCUT2D eigenvalue weighted by Gasteiger charge is -2.43. The maximum Gasteiger partial charge on any atom is 0.0380 e. The van der Waals surface area contributed by atoms with Gasteiger partial charge in [-0.2, -0.15) is 0 Å². The van der Waals surface area contributed by atoms with E-state index in [2.05, 4.69) is 64.2 Å². The molecule has 1 heteroatoms. The molecule has 2 unspecified atom stereocenters. The molecule has 94 valence electrons. The van der Waals surface area contributed by atoms with Crippen LogP contribution in [-0.4, -0.2) is 6.04 Å². The highest BCUT2D eigenvalue weighted by Gasteiger charge is 2.37. The molecule has 1 aromatic rings. The molecular weight excluding hydrogens is 206 g/mol. The Morgan fingerprint density at radius 2 is 1.94 bits per heavy atom. The summed E-state index contributed by atoms with van der Waals surface area (Å²) in [7, 11) is 0. The summed E-state index contributed by atoms with van der Waals surface area (Å²) in [5.41, 5.74) is 3.50. The van der Waals surface area contributed by atoms with E-state index in [1.807, 2.05) is 0 Å². The molecule has 1 aliphatic rings. The van der Waals surface area contributed by atoms with Crippen molar-refractivity contribution in [2.24, 2.45) is 5.41 Å². The van der Waals surface area contributed by atoms with Crippen LogP contribution in [0.2, 0.25) is 0 Å². The molecule has 2 atom stereocenters. The third kappa shape index (κ3) is 2.65. The second-order valence-corrected chi connectivity index (χ2v) is 7.09. The van der Waals surface area contributed by atoms with Gasteiger partial charge in [0.05, 0.1) is 0 Å². The summed E-state index contributed by atoms with van der Waals surface area (Å²) in [5.74, 6) is 0. The summed E-state index contributed by atoms with van der Waals surface area (Å²) < 4.78 is 0. The van der Waals surface area contributed by atoms with E-state index >= 15 is 0 Å². The van der Waals surface area contributed by atoms with E-state index in [1.165, 1.54) is 24.1 Å². The van der Waals surface area contributed by atoms with Crippen LogP contribution in [-0.2, 0) is 5.41 Å². The average molecular weight is 231 g/mol. The van der Waals surface area contributed by atoms with Crippen molar-refractivity contribution in [2.75, 3.05) is 5.32 Å². The number of para-hydroxylation sites is 1. The normalized spacial score (nSPS) is 28.4. The van der Waals surface area contributed by atoms with Crippen LogP contribution in [0.25, 0.3) is 0 Å². The number of rotatable bonds is 1. The Balaban J connectivity index is 2.41. The van der Waals surface area contributed by atoms with Gasteiger partial charge in [-0.05, 0) is 42.2 Å². The summed E-state index contributed by atoms with van der Waals surface area (Å²) in [5, 5.41) is 3.60. The SMILES string of the molecule is CC1CC(C)(CC(C)(C)C)c2ccccc2N1. The highest BCUT2D eigenvalue weighted by Crippen LogP contribution is 2.45. The zero-order chi connectivity index (χ0) is 12.7. The fraction of sp³-hybridized carbons (Fsp3) is 0.625. The number of hydrogen-bond donors (Lipinski definition) is 1. The topological polar surface area (TPSA) is 12.0 Å². The Hall–Kier alpha value is -0.980. The van der Waals surface area contributed by atoms with Gasteiger partial charge in [0.25, 0.3) is 0 Å². The number of anilines is 1. The van der Waals surface area contributed by atoms with Crippen molar-refractivity contribution in [1.82, 2.24) is 0 Å². The fourth-order valence-electron chi connectivity index (χ4n) is 3.58. The molecule has 0 radical (unpaired) electrons. The van der Waals surface area contributed by atoms with Gasteiger partial charge in [-0.3, -0.25) is 0 Å². The van der Waals surface area contributed by atoms with Crippen molar-refractivity contribution in [3.63, 3.8) is 0 Å². The first-order valence-corrected chi connectivity index (χ1v) is 6.66. The van der Waals surface area contributed by atoms with Gasteiger partial charge in [0, 0.05) is 11.7 Å². The Labute approximate surface area is 106 Å². The third-order valence-electron chi connectivity index (χ3n) is 3.66. The molecule has 1 N–H and O–H groups in total. The van der Waals surface area contributed by atoms with Gasteiger partial charge in [-0.15, -0.1) is 0 Å². The van der Waals surface area contributed by atoms with Crippen molar-refractivity contribution in [1.29, 1.82) is 0 Å². The van der Waals surface area contributed by atoms with E-state index in [0.717, 1.165) is 0 Å². The number of fused-ring (bicyclic) bond motifs is 1. The average Bonchev–Trinajstić information content (AvgIpc) is 2.13. The van der Waals surface area contributed by atoms with Crippen LogP contribution in [0, 0.1) is 5.41 Å². The molecule has 0 bridgehead atoms. The van der Waals surface area contributed by atoms with Crippen LogP contribution in [0.1, 0.15) is 53.0 Å². The van der Waals surface area contributed by atoms with Crippen molar-refractivity contribution < 1.29 is 0 Å². The Kier molecular flexibility index (Phi) is 2.97. The van der Waals surface area contributed by atoms with Gasteiger partial charge in [0.15, 0.2) is 0 Å². The van der Waals surface area contributed by atoms with Gasteiger partial charge < -0.3 is 5.32 Å². The van der Waals surface area contributed by atoms with Crippen LogP contribution < -0.4 is 5.32 Å². The van der Waals surface area contributed by atoms with E-state index in [4.69, 9.17) is 0 Å². The Morgan fingerprint density at radius 3 is 2.59 bits per heavy atom. The fourth-order valence-corrected chi connectivity index (χ4v) is 3.58. The molecule has 2 rings (SSSR count). The second-order valence-electron chi connectivity index (χ2n) is 7.09.